The first kappa shape index (κ1) is 69.2. The number of carbonyl (C=O) groups is 1. The number of aliphatic hydroxyl groups excluding tert-OH is 1. The van der Waals surface area contributed by atoms with Gasteiger partial charge in [0.15, 0.2) is 0 Å². The van der Waals surface area contributed by atoms with Crippen molar-refractivity contribution in [2.75, 3.05) is 40.9 Å². The van der Waals surface area contributed by atoms with Crippen molar-refractivity contribution in [3.63, 3.8) is 0 Å². The lowest BCUT2D eigenvalue weighted by molar-refractivity contribution is -0.870. The molecule has 416 valence electrons. The zero-order valence-corrected chi connectivity index (χ0v) is 48.3. The summed E-state index contributed by atoms with van der Waals surface area (Å²) < 4.78 is 23.3. The average Bonchev–Trinajstić information content (AvgIpc) is 3.33. The van der Waals surface area contributed by atoms with Crippen molar-refractivity contribution in [2.45, 2.75) is 289 Å². The zero-order valence-electron chi connectivity index (χ0n) is 47.4. The van der Waals surface area contributed by atoms with Gasteiger partial charge in [0.1, 0.15) is 13.2 Å². The number of amides is 1. The van der Waals surface area contributed by atoms with Crippen molar-refractivity contribution in [3.05, 3.63) is 60.8 Å². The number of hydrogen-bond donors (Lipinski definition) is 2. The molecule has 9 heteroatoms. The Morgan fingerprint density at radius 1 is 0.493 bits per heavy atom. The number of nitrogens with zero attached hydrogens (tertiary/aromatic N) is 1. The topological polar surface area (TPSA) is 108 Å². The second-order valence-corrected chi connectivity index (χ2v) is 23.1. The van der Waals surface area contributed by atoms with Gasteiger partial charge < -0.3 is 28.8 Å². The van der Waals surface area contributed by atoms with Gasteiger partial charge in [-0.2, -0.15) is 0 Å². The van der Waals surface area contributed by atoms with Gasteiger partial charge in [-0.1, -0.05) is 254 Å². The van der Waals surface area contributed by atoms with E-state index >= 15 is 0 Å². The van der Waals surface area contributed by atoms with Crippen LogP contribution >= 0.6 is 7.82 Å². The monoisotopic (exact) mass is 1020 g/mol. The highest BCUT2D eigenvalue weighted by Gasteiger charge is 2.23. The molecule has 0 aromatic heterocycles. The second-order valence-electron chi connectivity index (χ2n) is 21.7. The van der Waals surface area contributed by atoms with E-state index in [4.69, 9.17) is 9.05 Å². The summed E-state index contributed by atoms with van der Waals surface area (Å²) in [5.41, 5.74) is 0. The maximum absolute atomic E-state index is 12.9. The van der Waals surface area contributed by atoms with E-state index in [-0.39, 0.29) is 12.5 Å². The number of allylic oxidation sites excluding steroid dienone is 9. The zero-order chi connectivity index (χ0) is 52.0. The van der Waals surface area contributed by atoms with Crippen LogP contribution in [0.15, 0.2) is 60.8 Å². The van der Waals surface area contributed by atoms with Crippen molar-refractivity contribution in [1.29, 1.82) is 0 Å². The van der Waals surface area contributed by atoms with Crippen LogP contribution in [0.25, 0.3) is 0 Å². The van der Waals surface area contributed by atoms with Crippen LogP contribution in [0.3, 0.4) is 0 Å². The number of phosphoric ester groups is 1. The first-order valence-electron chi connectivity index (χ1n) is 30.2. The van der Waals surface area contributed by atoms with E-state index in [1.165, 1.54) is 199 Å². The average molecular weight is 1020 g/mol. The van der Waals surface area contributed by atoms with Crippen LogP contribution in [0.4, 0.5) is 0 Å². The third kappa shape index (κ3) is 55.8. The van der Waals surface area contributed by atoms with Gasteiger partial charge in [0.05, 0.1) is 39.9 Å². The third-order valence-corrected chi connectivity index (χ3v) is 14.4. The summed E-state index contributed by atoms with van der Waals surface area (Å²) in [6.45, 7) is 4.60. The summed E-state index contributed by atoms with van der Waals surface area (Å²) in [4.78, 5) is 25.5. The molecule has 0 bridgehead atoms. The van der Waals surface area contributed by atoms with Crippen LogP contribution in [-0.4, -0.2) is 68.5 Å². The fourth-order valence-corrected chi connectivity index (χ4v) is 9.41. The molecule has 0 rings (SSSR count). The highest BCUT2D eigenvalue weighted by molar-refractivity contribution is 7.45. The normalized spacial score (nSPS) is 14.3. The first-order chi connectivity index (χ1) is 34.5. The van der Waals surface area contributed by atoms with Crippen molar-refractivity contribution in [2.24, 2.45) is 0 Å². The lowest BCUT2D eigenvalue weighted by atomic mass is 10.0. The highest BCUT2D eigenvalue weighted by Crippen LogP contribution is 2.38. The van der Waals surface area contributed by atoms with Gasteiger partial charge in [-0.05, 0) is 77.0 Å². The van der Waals surface area contributed by atoms with Crippen LogP contribution in [0.1, 0.15) is 277 Å². The highest BCUT2D eigenvalue weighted by atomic mass is 31.2. The van der Waals surface area contributed by atoms with Gasteiger partial charge in [0.25, 0.3) is 7.82 Å². The van der Waals surface area contributed by atoms with Crippen molar-refractivity contribution >= 4 is 13.7 Å². The summed E-state index contributed by atoms with van der Waals surface area (Å²) in [7, 11) is 1.24. The van der Waals surface area contributed by atoms with Crippen LogP contribution in [0.2, 0.25) is 0 Å². The molecule has 0 aliphatic carbocycles. The SMILES string of the molecule is CCCCCC/C=C/CC/C=C/CC/C=C/C(O)C(COP(=O)([O-])OCC[N+](C)(C)C)NC(=O)CCCCCCCCCCCCCCCCCCCCCCCCC/C=C\C/C=C\CCCCCCC. The molecule has 3 unspecified atom stereocenters. The molecule has 0 aromatic carbocycles. The molecular weight excluding hydrogens is 900 g/mol. The Kier molecular flexibility index (Phi) is 51.7. The minimum atomic E-state index is -4.61. The van der Waals surface area contributed by atoms with Gasteiger partial charge >= 0.3 is 0 Å². The number of quaternary nitrogens is 1. The predicted octanol–water partition coefficient (Wildman–Crippen LogP) is 17.9. The molecule has 0 spiro atoms. The summed E-state index contributed by atoms with van der Waals surface area (Å²) in [5, 5.41) is 13.8. The Bertz CT molecular complexity index is 1340. The largest absolute Gasteiger partial charge is 0.756 e. The van der Waals surface area contributed by atoms with Gasteiger partial charge in [-0.25, -0.2) is 0 Å². The van der Waals surface area contributed by atoms with E-state index in [1.807, 2.05) is 27.2 Å². The van der Waals surface area contributed by atoms with Gasteiger partial charge in [-0.15, -0.1) is 0 Å². The molecule has 0 saturated carbocycles. The van der Waals surface area contributed by atoms with E-state index in [0.29, 0.717) is 17.4 Å². The van der Waals surface area contributed by atoms with Crippen LogP contribution in [-0.2, 0) is 18.4 Å². The van der Waals surface area contributed by atoms with E-state index < -0.39 is 26.6 Å². The molecule has 0 heterocycles. The van der Waals surface area contributed by atoms with Crippen LogP contribution < -0.4 is 10.2 Å². The molecule has 0 radical (unpaired) electrons. The lowest BCUT2D eigenvalue weighted by Crippen LogP contribution is -2.45. The smallest absolute Gasteiger partial charge is 0.268 e. The van der Waals surface area contributed by atoms with Crippen molar-refractivity contribution < 1.29 is 32.9 Å². The number of phosphoric acid groups is 1. The van der Waals surface area contributed by atoms with Gasteiger partial charge in [0, 0.05) is 6.42 Å². The third-order valence-electron chi connectivity index (χ3n) is 13.4. The Morgan fingerprint density at radius 3 is 1.24 bits per heavy atom. The molecule has 0 aromatic rings. The first-order valence-corrected chi connectivity index (χ1v) is 31.6. The number of unbranched alkanes of at least 4 members (excludes halogenated alkanes) is 34. The Labute approximate surface area is 441 Å². The summed E-state index contributed by atoms with van der Waals surface area (Å²) >= 11 is 0. The number of hydrogen-bond acceptors (Lipinski definition) is 6. The number of carbonyl (C=O) groups excluding carboxylic acids is 1. The summed E-state index contributed by atoms with van der Waals surface area (Å²) in [6, 6.07) is -0.909. The molecule has 0 aliphatic rings. The maximum atomic E-state index is 12.9. The Hall–Kier alpha value is -1.80. The molecule has 0 saturated heterocycles. The minimum Gasteiger partial charge on any atom is -0.756 e. The number of rotatable bonds is 55. The van der Waals surface area contributed by atoms with E-state index in [9.17, 15) is 19.4 Å². The number of likely N-dealkylation sites (N-methyl/N-ethyl adjacent to an activating group) is 1. The van der Waals surface area contributed by atoms with Crippen LogP contribution in [0.5, 0.6) is 0 Å². The molecule has 0 fully saturated rings. The fraction of sp³-hybridized carbons (Fsp3) is 0.823. The second kappa shape index (κ2) is 53.0. The standard InChI is InChI=1S/C62H117N2O6P/c1-6-8-10-12-14-16-18-20-22-23-24-25-26-27-28-29-30-31-32-33-34-35-36-37-38-39-40-41-42-44-46-48-50-52-54-56-62(66)63-60(59-70-71(67,68)69-58-57-64(3,4)5)61(65)55-53-51-49-47-45-43-21-19-17-15-13-11-9-7-2/h17-20,23-24,45,47,53,55,60-61,65H,6-16,21-22,25-44,46,48-52,54,56-59H2,1-5H3,(H-,63,66,67,68)/b19-17+,20-18-,24-23-,47-45+,55-53+. The fourth-order valence-electron chi connectivity index (χ4n) is 8.69. The predicted molar refractivity (Wildman–Crippen MR) is 307 cm³/mol. The number of nitrogens with one attached hydrogen (secondary N) is 1. The van der Waals surface area contributed by atoms with E-state index in [0.717, 1.165) is 57.8 Å². The molecule has 2 N–H and O–H groups in total. The minimum absolute atomic E-state index is 0.00913. The molecule has 0 aliphatic heterocycles. The van der Waals surface area contributed by atoms with Crippen molar-refractivity contribution in [1.82, 2.24) is 5.32 Å². The molecular formula is C62H117N2O6P. The Morgan fingerprint density at radius 2 is 0.831 bits per heavy atom. The maximum Gasteiger partial charge on any atom is 0.268 e. The van der Waals surface area contributed by atoms with Crippen molar-refractivity contribution in [3.8, 4) is 0 Å². The Balaban J connectivity index is 3.99. The van der Waals surface area contributed by atoms with Gasteiger partial charge in [0.2, 0.25) is 5.91 Å². The molecule has 8 nitrogen and oxygen atoms in total. The van der Waals surface area contributed by atoms with E-state index in [1.54, 1.807) is 6.08 Å². The quantitative estimate of drug-likeness (QED) is 0.0272. The molecule has 71 heavy (non-hydrogen) atoms. The molecule has 1 amide bonds. The van der Waals surface area contributed by atoms with Crippen LogP contribution in [0, 0.1) is 0 Å². The summed E-state index contributed by atoms with van der Waals surface area (Å²) in [6.07, 6.45) is 71.9. The molecule has 3 atom stereocenters. The van der Waals surface area contributed by atoms with Gasteiger partial charge in [-0.3, -0.25) is 9.36 Å². The number of aliphatic hydroxyl groups is 1. The van der Waals surface area contributed by atoms with E-state index in [2.05, 4.69) is 67.8 Å². The lowest BCUT2D eigenvalue weighted by Gasteiger charge is -2.29. The summed E-state index contributed by atoms with van der Waals surface area (Å²) in [5.74, 6) is -0.209.